The molecule has 1 aliphatic heterocycles. The predicted octanol–water partition coefficient (Wildman–Crippen LogP) is 4.00. The van der Waals surface area contributed by atoms with Crippen molar-refractivity contribution in [2.75, 3.05) is 4.90 Å². The van der Waals surface area contributed by atoms with Crippen molar-refractivity contribution in [1.29, 1.82) is 0 Å². The van der Waals surface area contributed by atoms with E-state index in [1.165, 1.54) is 12.0 Å². The van der Waals surface area contributed by atoms with Gasteiger partial charge in [0.05, 0.1) is 11.6 Å². The molecule has 0 radical (unpaired) electrons. The first-order valence-corrected chi connectivity index (χ1v) is 11.2. The topological polar surface area (TPSA) is 75.4 Å². The molecule has 2 amide bonds. The van der Waals surface area contributed by atoms with Gasteiger partial charge >= 0.3 is 0 Å². The zero-order valence-electron chi connectivity index (χ0n) is 18.1. The fraction of sp³-hybridized carbons (Fsp3) is 0.667. The fourth-order valence-electron chi connectivity index (χ4n) is 5.84. The Balaban J connectivity index is 1.78. The third kappa shape index (κ3) is 3.27. The van der Waals surface area contributed by atoms with Crippen LogP contribution in [0.5, 0.6) is 0 Å². The minimum Gasteiger partial charge on any atom is -0.369 e. The molecule has 3 N–H and O–H groups in total. The minimum absolute atomic E-state index is 0.0476. The van der Waals surface area contributed by atoms with Gasteiger partial charge in [0.1, 0.15) is 5.54 Å². The highest BCUT2D eigenvalue weighted by Gasteiger charge is 2.63. The average molecular weight is 398 g/mol. The second-order valence-corrected chi connectivity index (χ2v) is 10.3. The van der Waals surface area contributed by atoms with Gasteiger partial charge in [-0.15, -0.1) is 0 Å². The Morgan fingerprint density at radius 2 is 1.66 bits per heavy atom. The molecule has 5 nitrogen and oxygen atoms in total. The van der Waals surface area contributed by atoms with Crippen molar-refractivity contribution in [3.05, 3.63) is 29.8 Å². The summed E-state index contributed by atoms with van der Waals surface area (Å²) in [5.74, 6) is -0.728. The number of amides is 2. The summed E-state index contributed by atoms with van der Waals surface area (Å²) in [4.78, 5) is 28.4. The smallest absolute Gasteiger partial charge is 0.249 e. The summed E-state index contributed by atoms with van der Waals surface area (Å²) in [5.41, 5.74) is 6.81. The number of rotatable bonds is 2. The number of anilines is 1. The van der Waals surface area contributed by atoms with E-state index in [2.05, 4.69) is 50.4 Å². The first-order chi connectivity index (χ1) is 13.7. The molecule has 2 atom stereocenters. The first-order valence-electron chi connectivity index (χ1n) is 11.2. The Labute approximate surface area is 174 Å². The van der Waals surface area contributed by atoms with Gasteiger partial charge in [0.25, 0.3) is 0 Å². The summed E-state index contributed by atoms with van der Waals surface area (Å²) < 4.78 is 0. The van der Waals surface area contributed by atoms with E-state index >= 15 is 0 Å². The Morgan fingerprint density at radius 3 is 2.24 bits per heavy atom. The van der Waals surface area contributed by atoms with Gasteiger partial charge in [0.2, 0.25) is 11.8 Å². The van der Waals surface area contributed by atoms with Crippen molar-refractivity contribution in [3.63, 3.8) is 0 Å². The highest BCUT2D eigenvalue weighted by Crippen LogP contribution is 2.48. The van der Waals surface area contributed by atoms with Crippen LogP contribution in [0.3, 0.4) is 0 Å². The van der Waals surface area contributed by atoms with Crippen LogP contribution < -0.4 is 16.0 Å². The van der Waals surface area contributed by atoms with Crippen LogP contribution in [0.4, 0.5) is 5.69 Å². The number of benzene rings is 1. The number of hydrogen-bond acceptors (Lipinski definition) is 3. The summed E-state index contributed by atoms with van der Waals surface area (Å²) in [6.45, 7) is 6.59. The molecule has 3 aliphatic rings. The summed E-state index contributed by atoms with van der Waals surface area (Å²) in [6.07, 6.45) is 8.52. The predicted molar refractivity (Wildman–Crippen MR) is 115 cm³/mol. The lowest BCUT2D eigenvalue weighted by Gasteiger charge is -2.43. The normalized spacial score (nSPS) is 29.6. The zero-order valence-corrected chi connectivity index (χ0v) is 18.1. The van der Waals surface area contributed by atoms with E-state index < -0.39 is 17.1 Å². The van der Waals surface area contributed by atoms with Crippen molar-refractivity contribution >= 4 is 17.5 Å². The molecule has 158 valence electrons. The Morgan fingerprint density at radius 1 is 1.03 bits per heavy atom. The summed E-state index contributed by atoms with van der Waals surface area (Å²) in [5, 5.41) is 3.77. The van der Waals surface area contributed by atoms with Gasteiger partial charge in [-0.2, -0.15) is 0 Å². The summed E-state index contributed by atoms with van der Waals surface area (Å²) in [7, 11) is 0. The number of carbonyl (C=O) groups excluding carboxylic acids is 2. The molecule has 5 heteroatoms. The van der Waals surface area contributed by atoms with Crippen molar-refractivity contribution in [3.8, 4) is 0 Å². The maximum atomic E-state index is 14.0. The number of nitrogens with two attached hydrogens (primary N) is 1. The van der Waals surface area contributed by atoms with Gasteiger partial charge in [-0.25, -0.2) is 0 Å². The van der Waals surface area contributed by atoms with E-state index in [0.29, 0.717) is 12.8 Å². The molecule has 0 bridgehead atoms. The second kappa shape index (κ2) is 7.12. The van der Waals surface area contributed by atoms with Crippen LogP contribution in [-0.2, 0) is 15.0 Å². The van der Waals surface area contributed by atoms with E-state index in [1.54, 1.807) is 0 Å². The second-order valence-electron chi connectivity index (χ2n) is 10.3. The molecule has 1 heterocycles. The van der Waals surface area contributed by atoms with E-state index in [1.807, 2.05) is 4.90 Å². The van der Waals surface area contributed by atoms with Crippen molar-refractivity contribution in [2.45, 2.75) is 95.2 Å². The SMILES string of the molecule is CC(C)(C)c1ccc(N2C(=O)C3(CCCCC3C(N)=O)NC23CCCCC3)cc1. The number of primary amides is 1. The van der Waals surface area contributed by atoms with Crippen molar-refractivity contribution in [1.82, 2.24) is 5.32 Å². The molecule has 1 aromatic carbocycles. The van der Waals surface area contributed by atoms with Crippen LogP contribution in [0.15, 0.2) is 24.3 Å². The maximum Gasteiger partial charge on any atom is 0.249 e. The van der Waals surface area contributed by atoms with Gasteiger partial charge in [0.15, 0.2) is 0 Å². The molecule has 0 aromatic heterocycles. The van der Waals surface area contributed by atoms with Crippen LogP contribution >= 0.6 is 0 Å². The van der Waals surface area contributed by atoms with Crippen LogP contribution in [0.25, 0.3) is 0 Å². The van der Waals surface area contributed by atoms with E-state index in [9.17, 15) is 9.59 Å². The van der Waals surface area contributed by atoms with E-state index in [-0.39, 0.29) is 17.2 Å². The van der Waals surface area contributed by atoms with Crippen LogP contribution in [-0.4, -0.2) is 23.0 Å². The Kier molecular flexibility index (Phi) is 5.01. The molecule has 4 rings (SSSR count). The summed E-state index contributed by atoms with van der Waals surface area (Å²) in [6, 6.07) is 8.43. The molecular formula is C24H35N3O2. The fourth-order valence-corrected chi connectivity index (χ4v) is 5.84. The zero-order chi connectivity index (χ0) is 20.9. The lowest BCUT2D eigenvalue weighted by molar-refractivity contribution is -0.134. The van der Waals surface area contributed by atoms with Crippen LogP contribution in [0.1, 0.15) is 84.1 Å². The third-order valence-corrected chi connectivity index (χ3v) is 7.39. The Bertz CT molecular complexity index is 789. The third-order valence-electron chi connectivity index (χ3n) is 7.39. The molecule has 2 saturated carbocycles. The largest absolute Gasteiger partial charge is 0.369 e. The molecule has 1 aromatic rings. The molecule has 2 spiro atoms. The standard InChI is InChI=1S/C24H35N3O2/c1-22(2,3)17-10-12-18(13-11-17)27-21(29)24(16-8-5-9-19(24)20(25)28)26-23(27)14-6-4-7-15-23/h10-13,19,26H,4-9,14-16H2,1-3H3,(H2,25,28). The van der Waals surface area contributed by atoms with Crippen LogP contribution in [0, 0.1) is 5.92 Å². The number of nitrogens with one attached hydrogen (secondary N) is 1. The highest BCUT2D eigenvalue weighted by atomic mass is 16.2. The molecular weight excluding hydrogens is 362 g/mol. The van der Waals surface area contributed by atoms with Crippen molar-refractivity contribution in [2.24, 2.45) is 11.7 Å². The average Bonchev–Trinajstić information content (AvgIpc) is 2.89. The van der Waals surface area contributed by atoms with E-state index in [4.69, 9.17) is 5.73 Å². The Hall–Kier alpha value is -1.88. The van der Waals surface area contributed by atoms with E-state index in [0.717, 1.165) is 44.2 Å². The number of nitrogens with zero attached hydrogens (tertiary/aromatic N) is 1. The van der Waals surface area contributed by atoms with Gasteiger partial charge < -0.3 is 5.73 Å². The maximum absolute atomic E-state index is 14.0. The number of hydrogen-bond donors (Lipinski definition) is 2. The number of carbonyl (C=O) groups is 2. The van der Waals surface area contributed by atoms with Crippen LogP contribution in [0.2, 0.25) is 0 Å². The van der Waals surface area contributed by atoms with Gasteiger partial charge in [-0.1, -0.05) is 52.2 Å². The molecule has 2 unspecified atom stereocenters. The minimum atomic E-state index is -0.843. The molecule has 1 saturated heterocycles. The lowest BCUT2D eigenvalue weighted by atomic mass is 9.72. The monoisotopic (exact) mass is 397 g/mol. The quantitative estimate of drug-likeness (QED) is 0.792. The molecule has 2 aliphatic carbocycles. The molecule has 29 heavy (non-hydrogen) atoms. The first kappa shape index (κ1) is 20.4. The van der Waals surface area contributed by atoms with Gasteiger partial charge in [0, 0.05) is 5.69 Å². The molecule has 3 fully saturated rings. The van der Waals surface area contributed by atoms with Crippen molar-refractivity contribution < 1.29 is 9.59 Å². The van der Waals surface area contributed by atoms with Gasteiger partial charge in [-0.3, -0.25) is 19.8 Å². The van der Waals surface area contributed by atoms with Gasteiger partial charge in [-0.05, 0) is 61.6 Å². The highest BCUT2D eigenvalue weighted by molar-refractivity contribution is 6.07. The summed E-state index contributed by atoms with van der Waals surface area (Å²) >= 11 is 0. The lowest BCUT2D eigenvalue weighted by Crippen LogP contribution is -2.61.